The number of carbonyl (C=O) groups is 1. The van der Waals surface area contributed by atoms with E-state index in [0.717, 1.165) is 39.1 Å². The van der Waals surface area contributed by atoms with Crippen molar-refractivity contribution >= 4 is 21.8 Å². The first-order chi connectivity index (χ1) is 11.2. The number of allylic oxidation sites excluding steroid dienone is 1. The van der Waals surface area contributed by atoms with Crippen LogP contribution < -0.4 is 21.5 Å². The summed E-state index contributed by atoms with van der Waals surface area (Å²) in [5, 5.41) is 6.62. The van der Waals surface area contributed by atoms with Crippen LogP contribution >= 0.6 is 15.9 Å². The second kappa shape index (κ2) is 8.58. The van der Waals surface area contributed by atoms with E-state index in [9.17, 15) is 4.79 Å². The largest absolute Gasteiger partial charge is 0.354 e. The Hall–Kier alpha value is -0.470. The van der Waals surface area contributed by atoms with Gasteiger partial charge in [-0.1, -0.05) is 27.6 Å². The van der Waals surface area contributed by atoms with Gasteiger partial charge in [-0.2, -0.15) is 0 Å². The Morgan fingerprint density at radius 2 is 2.13 bits per heavy atom. The Bertz CT molecular complexity index is 438. The van der Waals surface area contributed by atoms with Crippen LogP contribution in [0.15, 0.2) is 11.6 Å². The standard InChI is InChI=1S/C16H28BrN5O/c17-13-6-7-14(22-10-19-20-11-22)21-15(13)16(23)18-9-8-12-4-2-1-3-5-12/h4,13-15,19-21H,1-3,5-11H2,(H,18,23). The maximum Gasteiger partial charge on any atom is 0.238 e. The lowest BCUT2D eigenvalue weighted by Crippen LogP contribution is -2.60. The third-order valence-electron chi connectivity index (χ3n) is 4.99. The van der Waals surface area contributed by atoms with Crippen LogP contribution in [0, 0.1) is 0 Å². The van der Waals surface area contributed by atoms with Crippen LogP contribution in [0.4, 0.5) is 0 Å². The quantitative estimate of drug-likeness (QED) is 0.422. The van der Waals surface area contributed by atoms with Crippen LogP contribution in [-0.2, 0) is 4.79 Å². The Labute approximate surface area is 146 Å². The maximum absolute atomic E-state index is 12.5. The Balaban J connectivity index is 1.45. The molecule has 7 heteroatoms. The van der Waals surface area contributed by atoms with E-state index >= 15 is 0 Å². The van der Waals surface area contributed by atoms with Crippen LogP contribution in [-0.4, -0.2) is 47.7 Å². The number of hydrogen-bond acceptors (Lipinski definition) is 5. The van der Waals surface area contributed by atoms with Gasteiger partial charge < -0.3 is 5.32 Å². The van der Waals surface area contributed by atoms with Gasteiger partial charge in [0, 0.05) is 11.4 Å². The second-order valence-electron chi connectivity index (χ2n) is 6.66. The molecule has 0 saturated carbocycles. The molecular formula is C16H28BrN5O. The molecule has 2 saturated heterocycles. The first-order valence-corrected chi connectivity index (χ1v) is 9.71. The molecule has 0 aromatic carbocycles. The molecule has 1 amide bonds. The van der Waals surface area contributed by atoms with Crippen molar-refractivity contribution in [3.8, 4) is 0 Å². The van der Waals surface area contributed by atoms with Crippen molar-refractivity contribution in [1.82, 2.24) is 26.4 Å². The normalized spacial score (nSPS) is 32.6. The Morgan fingerprint density at radius 3 is 2.87 bits per heavy atom. The highest BCUT2D eigenvalue weighted by atomic mass is 79.9. The summed E-state index contributed by atoms with van der Waals surface area (Å²) in [5.41, 5.74) is 7.74. The predicted octanol–water partition coefficient (Wildman–Crippen LogP) is 1.16. The predicted molar refractivity (Wildman–Crippen MR) is 94.7 cm³/mol. The first-order valence-electron chi connectivity index (χ1n) is 8.79. The van der Waals surface area contributed by atoms with Crippen molar-refractivity contribution in [1.29, 1.82) is 0 Å². The van der Waals surface area contributed by atoms with Crippen LogP contribution in [0.25, 0.3) is 0 Å². The lowest BCUT2D eigenvalue weighted by Gasteiger charge is -2.37. The molecule has 0 spiro atoms. The Kier molecular flexibility index (Phi) is 6.47. The number of alkyl halides is 1. The van der Waals surface area contributed by atoms with E-state index in [1.165, 1.54) is 31.3 Å². The molecule has 0 bridgehead atoms. The molecular weight excluding hydrogens is 358 g/mol. The zero-order valence-electron chi connectivity index (χ0n) is 13.6. The molecule has 0 radical (unpaired) electrons. The van der Waals surface area contributed by atoms with Crippen molar-refractivity contribution in [2.24, 2.45) is 0 Å². The minimum Gasteiger partial charge on any atom is -0.354 e. The van der Waals surface area contributed by atoms with Gasteiger partial charge >= 0.3 is 0 Å². The molecule has 4 N–H and O–H groups in total. The van der Waals surface area contributed by atoms with Crippen LogP contribution in [0.3, 0.4) is 0 Å². The van der Waals surface area contributed by atoms with Crippen LogP contribution in [0.2, 0.25) is 0 Å². The van der Waals surface area contributed by atoms with Gasteiger partial charge in [0.2, 0.25) is 5.91 Å². The fourth-order valence-electron chi connectivity index (χ4n) is 3.59. The molecule has 2 fully saturated rings. The monoisotopic (exact) mass is 385 g/mol. The fraction of sp³-hybridized carbons (Fsp3) is 0.812. The topological polar surface area (TPSA) is 68.4 Å². The number of amides is 1. The van der Waals surface area contributed by atoms with Crippen molar-refractivity contribution in [2.45, 2.75) is 62.0 Å². The van der Waals surface area contributed by atoms with Gasteiger partial charge in [-0.3, -0.25) is 15.0 Å². The molecule has 3 rings (SSSR count). The number of nitrogens with one attached hydrogen (secondary N) is 4. The summed E-state index contributed by atoms with van der Waals surface area (Å²) in [4.78, 5) is 15.0. The summed E-state index contributed by atoms with van der Waals surface area (Å²) < 4.78 is 0. The zero-order chi connectivity index (χ0) is 16.1. The number of piperidine rings is 1. The minimum atomic E-state index is -0.158. The summed E-state index contributed by atoms with van der Waals surface area (Å²) in [6, 6.07) is -0.158. The van der Waals surface area contributed by atoms with E-state index in [1.54, 1.807) is 0 Å². The molecule has 3 atom stereocenters. The number of rotatable bonds is 5. The summed E-state index contributed by atoms with van der Waals surface area (Å²) in [6.07, 6.45) is 10.7. The maximum atomic E-state index is 12.5. The fourth-order valence-corrected chi connectivity index (χ4v) is 4.24. The summed E-state index contributed by atoms with van der Waals surface area (Å²) in [6.45, 7) is 2.38. The molecule has 23 heavy (non-hydrogen) atoms. The van der Waals surface area contributed by atoms with Gasteiger partial charge in [-0.25, -0.2) is 10.9 Å². The van der Waals surface area contributed by atoms with Gasteiger partial charge in [0.1, 0.15) is 6.04 Å². The summed E-state index contributed by atoms with van der Waals surface area (Å²) in [7, 11) is 0. The summed E-state index contributed by atoms with van der Waals surface area (Å²) >= 11 is 3.68. The molecule has 1 aliphatic carbocycles. The van der Waals surface area contributed by atoms with Gasteiger partial charge in [-0.15, -0.1) is 0 Å². The number of halogens is 1. The van der Waals surface area contributed by atoms with E-state index in [1.807, 2.05) is 0 Å². The molecule has 3 aliphatic rings. The van der Waals surface area contributed by atoms with Crippen molar-refractivity contribution in [3.05, 3.63) is 11.6 Å². The number of nitrogens with zero attached hydrogens (tertiary/aromatic N) is 1. The average molecular weight is 386 g/mol. The zero-order valence-corrected chi connectivity index (χ0v) is 15.2. The van der Waals surface area contributed by atoms with Gasteiger partial charge in [0.25, 0.3) is 0 Å². The van der Waals surface area contributed by atoms with Crippen molar-refractivity contribution in [3.63, 3.8) is 0 Å². The number of hydrazine groups is 1. The highest BCUT2D eigenvalue weighted by molar-refractivity contribution is 9.09. The molecule has 6 nitrogen and oxygen atoms in total. The number of hydrogen-bond donors (Lipinski definition) is 4. The third kappa shape index (κ3) is 4.76. The van der Waals surface area contributed by atoms with Crippen molar-refractivity contribution in [2.75, 3.05) is 19.9 Å². The highest BCUT2D eigenvalue weighted by Gasteiger charge is 2.36. The molecule has 3 unspecified atom stereocenters. The lowest BCUT2D eigenvalue weighted by molar-refractivity contribution is -0.124. The third-order valence-corrected chi connectivity index (χ3v) is 5.98. The van der Waals surface area contributed by atoms with Gasteiger partial charge in [0.15, 0.2) is 0 Å². The van der Waals surface area contributed by atoms with E-state index in [-0.39, 0.29) is 22.9 Å². The highest BCUT2D eigenvalue weighted by Crippen LogP contribution is 2.23. The molecule has 0 aromatic heterocycles. The van der Waals surface area contributed by atoms with Crippen LogP contribution in [0.1, 0.15) is 44.9 Å². The molecule has 0 aromatic rings. The van der Waals surface area contributed by atoms with E-state index in [4.69, 9.17) is 0 Å². The number of carbonyl (C=O) groups excluding carboxylic acids is 1. The molecule has 130 valence electrons. The SMILES string of the molecule is O=C(NCCC1=CCCCC1)C1NC(N2CNNC2)CCC1Br. The average Bonchev–Trinajstić information content (AvgIpc) is 3.10. The van der Waals surface area contributed by atoms with Crippen molar-refractivity contribution < 1.29 is 4.79 Å². The van der Waals surface area contributed by atoms with E-state index in [0.29, 0.717) is 0 Å². The Morgan fingerprint density at radius 1 is 1.30 bits per heavy atom. The minimum absolute atomic E-state index is 0.119. The first kappa shape index (κ1) is 17.4. The molecule has 2 aliphatic heterocycles. The van der Waals surface area contributed by atoms with E-state index < -0.39 is 0 Å². The summed E-state index contributed by atoms with van der Waals surface area (Å²) in [5.74, 6) is 0.119. The second-order valence-corrected chi connectivity index (χ2v) is 7.84. The lowest BCUT2D eigenvalue weighted by atomic mass is 9.97. The van der Waals surface area contributed by atoms with Crippen LogP contribution in [0.5, 0.6) is 0 Å². The van der Waals surface area contributed by atoms with Gasteiger partial charge in [0.05, 0.1) is 19.5 Å². The van der Waals surface area contributed by atoms with Gasteiger partial charge in [-0.05, 0) is 44.9 Å². The smallest absolute Gasteiger partial charge is 0.238 e. The molecule has 2 heterocycles. The van der Waals surface area contributed by atoms with E-state index in [2.05, 4.69) is 48.4 Å².